The largest absolute Gasteiger partial charge is 0.374 e. The van der Waals surface area contributed by atoms with Crippen LogP contribution in [0.25, 0.3) is 0 Å². The molecule has 0 saturated heterocycles. The van der Waals surface area contributed by atoms with Gasteiger partial charge in [0.25, 0.3) is 0 Å². The normalized spacial score (nSPS) is 16.0. The summed E-state index contributed by atoms with van der Waals surface area (Å²) in [5, 5.41) is 3.52. The van der Waals surface area contributed by atoms with Crippen molar-refractivity contribution in [3.8, 4) is 0 Å². The summed E-state index contributed by atoms with van der Waals surface area (Å²) in [5.74, 6) is 0. The summed E-state index contributed by atoms with van der Waals surface area (Å²) in [5.41, 5.74) is 4.52. The monoisotopic (exact) mass is 289 g/mol. The van der Waals surface area contributed by atoms with E-state index in [0.29, 0.717) is 6.04 Å². The summed E-state index contributed by atoms with van der Waals surface area (Å²) in [6.07, 6.45) is 6.98. The minimum Gasteiger partial charge on any atom is -0.374 e. The fourth-order valence-corrected chi connectivity index (χ4v) is 3.87. The molecular formula is C19H31NO. The molecule has 1 aliphatic rings. The zero-order valence-electron chi connectivity index (χ0n) is 14.2. The molecule has 118 valence electrons. The van der Waals surface area contributed by atoms with E-state index in [1.165, 1.54) is 24.8 Å². The van der Waals surface area contributed by atoms with E-state index in [1.54, 1.807) is 11.1 Å². The van der Waals surface area contributed by atoms with Crippen molar-refractivity contribution >= 4 is 0 Å². The zero-order chi connectivity index (χ0) is 15.3. The molecule has 0 radical (unpaired) electrons. The van der Waals surface area contributed by atoms with Gasteiger partial charge in [-0.2, -0.15) is 0 Å². The lowest BCUT2D eigenvalue weighted by molar-refractivity contribution is -0.0703. The molecule has 1 aromatic rings. The van der Waals surface area contributed by atoms with Crippen molar-refractivity contribution in [2.24, 2.45) is 0 Å². The average Bonchev–Trinajstić information content (AvgIpc) is 2.98. The number of ether oxygens (including phenoxy) is 1. The Morgan fingerprint density at radius 2 is 1.86 bits per heavy atom. The van der Waals surface area contributed by atoms with Gasteiger partial charge in [-0.1, -0.05) is 32.0 Å². The highest BCUT2D eigenvalue weighted by molar-refractivity contribution is 5.35. The number of hydrogen-bond donors (Lipinski definition) is 1. The summed E-state index contributed by atoms with van der Waals surface area (Å²) in [6.45, 7) is 7.37. The van der Waals surface area contributed by atoms with E-state index in [9.17, 15) is 0 Å². The molecule has 0 aromatic heterocycles. The molecule has 21 heavy (non-hydrogen) atoms. The number of rotatable bonds is 8. The Hall–Kier alpha value is -0.860. The highest BCUT2D eigenvalue weighted by atomic mass is 16.5. The fourth-order valence-electron chi connectivity index (χ4n) is 3.87. The first-order valence-corrected chi connectivity index (χ1v) is 8.61. The van der Waals surface area contributed by atoms with Crippen LogP contribution in [-0.4, -0.2) is 25.3 Å². The van der Waals surface area contributed by atoms with Gasteiger partial charge in [0.1, 0.15) is 0 Å². The van der Waals surface area contributed by atoms with Gasteiger partial charge in [0, 0.05) is 12.6 Å². The van der Waals surface area contributed by atoms with E-state index in [-0.39, 0.29) is 5.60 Å². The molecule has 1 aromatic carbocycles. The second-order valence-electron chi connectivity index (χ2n) is 6.21. The van der Waals surface area contributed by atoms with Crippen LogP contribution in [0.5, 0.6) is 0 Å². The van der Waals surface area contributed by atoms with Crippen molar-refractivity contribution in [3.05, 3.63) is 34.9 Å². The Balaban J connectivity index is 2.17. The Kier molecular flexibility index (Phi) is 5.83. The van der Waals surface area contributed by atoms with Crippen molar-refractivity contribution in [3.63, 3.8) is 0 Å². The Labute approximate surface area is 130 Å². The molecule has 1 atom stereocenters. The van der Waals surface area contributed by atoms with E-state index < -0.39 is 0 Å². The van der Waals surface area contributed by atoms with Gasteiger partial charge in [-0.25, -0.2) is 0 Å². The quantitative estimate of drug-likeness (QED) is 0.783. The van der Waals surface area contributed by atoms with Crippen LogP contribution in [0.1, 0.15) is 56.7 Å². The van der Waals surface area contributed by atoms with E-state index in [1.807, 2.05) is 0 Å². The Morgan fingerprint density at radius 1 is 1.14 bits per heavy atom. The van der Waals surface area contributed by atoms with E-state index in [2.05, 4.69) is 51.3 Å². The number of hydrogen-bond acceptors (Lipinski definition) is 2. The van der Waals surface area contributed by atoms with Gasteiger partial charge in [0.2, 0.25) is 0 Å². The second-order valence-corrected chi connectivity index (χ2v) is 6.21. The molecular weight excluding hydrogens is 258 g/mol. The molecule has 0 spiro atoms. The first-order chi connectivity index (χ1) is 10.2. The van der Waals surface area contributed by atoms with Gasteiger partial charge in [0.15, 0.2) is 0 Å². The number of aryl methyl sites for hydroxylation is 2. The topological polar surface area (TPSA) is 21.3 Å². The van der Waals surface area contributed by atoms with Crippen LogP contribution in [-0.2, 0) is 24.0 Å². The van der Waals surface area contributed by atoms with Gasteiger partial charge in [0.05, 0.1) is 5.60 Å². The SMILES string of the molecule is CCOC(CC)(CC)C(Cc1ccc2c(c1)CCC2)NC. The third kappa shape index (κ3) is 3.49. The van der Waals surface area contributed by atoms with Crippen LogP contribution < -0.4 is 5.32 Å². The third-order valence-electron chi connectivity index (χ3n) is 5.21. The molecule has 2 rings (SSSR count). The van der Waals surface area contributed by atoms with Crippen molar-refractivity contribution in [1.29, 1.82) is 0 Å². The van der Waals surface area contributed by atoms with Crippen LogP contribution in [0, 0.1) is 0 Å². The maximum Gasteiger partial charge on any atom is 0.0832 e. The average molecular weight is 289 g/mol. The molecule has 0 fully saturated rings. The molecule has 1 N–H and O–H groups in total. The van der Waals surface area contributed by atoms with E-state index >= 15 is 0 Å². The van der Waals surface area contributed by atoms with Crippen LogP contribution in [0.4, 0.5) is 0 Å². The third-order valence-corrected chi connectivity index (χ3v) is 5.21. The van der Waals surface area contributed by atoms with Crippen LogP contribution in [0.15, 0.2) is 18.2 Å². The first-order valence-electron chi connectivity index (χ1n) is 8.61. The zero-order valence-corrected chi connectivity index (χ0v) is 14.2. The molecule has 0 bridgehead atoms. The lowest BCUT2D eigenvalue weighted by atomic mass is 9.84. The molecule has 0 saturated carbocycles. The standard InChI is InChI=1S/C19H31NO/c1-5-19(6-2,21-7-3)18(20-4)14-15-11-12-16-9-8-10-17(16)13-15/h11-13,18,20H,5-10,14H2,1-4H3. The van der Waals surface area contributed by atoms with Gasteiger partial charge in [-0.15, -0.1) is 0 Å². The smallest absolute Gasteiger partial charge is 0.0832 e. The summed E-state index contributed by atoms with van der Waals surface area (Å²) in [7, 11) is 2.07. The predicted molar refractivity (Wildman–Crippen MR) is 90.0 cm³/mol. The van der Waals surface area contributed by atoms with Crippen LogP contribution >= 0.6 is 0 Å². The maximum absolute atomic E-state index is 6.18. The first kappa shape index (κ1) is 16.5. The molecule has 2 nitrogen and oxygen atoms in total. The van der Waals surface area contributed by atoms with Gasteiger partial charge >= 0.3 is 0 Å². The number of likely N-dealkylation sites (N-methyl/N-ethyl adjacent to an activating group) is 1. The van der Waals surface area contributed by atoms with Crippen molar-refractivity contribution in [1.82, 2.24) is 5.32 Å². The van der Waals surface area contributed by atoms with Gasteiger partial charge < -0.3 is 10.1 Å². The minimum absolute atomic E-state index is 0.0531. The molecule has 0 aliphatic heterocycles. The Morgan fingerprint density at radius 3 is 2.48 bits per heavy atom. The maximum atomic E-state index is 6.18. The number of fused-ring (bicyclic) bond motifs is 1. The summed E-state index contributed by atoms with van der Waals surface area (Å²) in [6, 6.07) is 7.45. The van der Waals surface area contributed by atoms with Gasteiger partial charge in [-0.05, 0) is 69.2 Å². The summed E-state index contributed by atoms with van der Waals surface area (Å²) >= 11 is 0. The minimum atomic E-state index is -0.0531. The summed E-state index contributed by atoms with van der Waals surface area (Å²) in [4.78, 5) is 0. The number of nitrogens with one attached hydrogen (secondary N) is 1. The molecule has 0 heterocycles. The molecule has 2 heteroatoms. The Bertz CT molecular complexity index is 451. The van der Waals surface area contributed by atoms with Crippen molar-refractivity contribution in [2.45, 2.75) is 70.9 Å². The molecule has 0 amide bonds. The lowest BCUT2D eigenvalue weighted by Crippen LogP contribution is -2.52. The highest BCUT2D eigenvalue weighted by Crippen LogP contribution is 2.29. The van der Waals surface area contributed by atoms with Crippen molar-refractivity contribution < 1.29 is 4.74 Å². The lowest BCUT2D eigenvalue weighted by Gasteiger charge is -2.39. The van der Waals surface area contributed by atoms with Crippen LogP contribution in [0.3, 0.4) is 0 Å². The highest BCUT2D eigenvalue weighted by Gasteiger charge is 2.35. The predicted octanol–water partition coefficient (Wildman–Crippen LogP) is 3.90. The number of benzene rings is 1. The van der Waals surface area contributed by atoms with Crippen molar-refractivity contribution in [2.75, 3.05) is 13.7 Å². The van der Waals surface area contributed by atoms with E-state index in [0.717, 1.165) is 25.9 Å². The fraction of sp³-hybridized carbons (Fsp3) is 0.684. The van der Waals surface area contributed by atoms with Crippen LogP contribution in [0.2, 0.25) is 0 Å². The summed E-state index contributed by atoms with van der Waals surface area (Å²) < 4.78 is 6.18. The molecule has 1 aliphatic carbocycles. The molecule has 1 unspecified atom stereocenters. The van der Waals surface area contributed by atoms with Gasteiger partial charge in [-0.3, -0.25) is 0 Å². The van der Waals surface area contributed by atoms with E-state index in [4.69, 9.17) is 4.74 Å². The second kappa shape index (κ2) is 7.42.